The molecule has 2 atom stereocenters. The minimum absolute atomic E-state index is 0.191. The summed E-state index contributed by atoms with van der Waals surface area (Å²) >= 11 is 40.8. The number of aliphatic imine (C=N–C) groups is 1. The van der Waals surface area contributed by atoms with Gasteiger partial charge in [0.25, 0.3) is 0 Å². The summed E-state index contributed by atoms with van der Waals surface area (Å²) in [6.07, 6.45) is 9.91. The topological polar surface area (TPSA) is 101 Å². The van der Waals surface area contributed by atoms with E-state index in [-0.39, 0.29) is 5.84 Å². The van der Waals surface area contributed by atoms with Gasteiger partial charge in [-0.3, -0.25) is 5.32 Å². The first-order chi connectivity index (χ1) is 24.6. The van der Waals surface area contributed by atoms with Gasteiger partial charge in [-0.1, -0.05) is 100.0 Å². The van der Waals surface area contributed by atoms with E-state index in [0.717, 1.165) is 5.56 Å². The van der Waals surface area contributed by atoms with Gasteiger partial charge in [-0.05, 0) is 71.3 Å². The van der Waals surface area contributed by atoms with E-state index in [1.165, 1.54) is 42.7 Å². The predicted octanol–water partition coefficient (Wildman–Crippen LogP) is 8.91. The number of rotatable bonds is 13. The highest BCUT2D eigenvalue weighted by Gasteiger charge is 2.59. The molecule has 4 rings (SSSR count). The maximum absolute atomic E-state index is 6.81. The molecule has 0 radical (unpaired) electrons. The number of amidine groups is 1. The van der Waals surface area contributed by atoms with Crippen molar-refractivity contribution in [1.29, 1.82) is 0 Å². The number of methoxy groups -OCH3 is 7. The molecule has 0 aliphatic carbocycles. The van der Waals surface area contributed by atoms with Crippen molar-refractivity contribution < 1.29 is 33.2 Å². The molecule has 2 N–H and O–H groups in total. The van der Waals surface area contributed by atoms with E-state index in [2.05, 4.69) is 10.6 Å². The third-order valence-electron chi connectivity index (χ3n) is 7.86. The molecule has 0 amide bonds. The van der Waals surface area contributed by atoms with Crippen LogP contribution in [0.1, 0.15) is 16.7 Å². The Labute approximate surface area is 333 Å². The Bertz CT molecular complexity index is 1790. The van der Waals surface area contributed by atoms with Crippen molar-refractivity contribution in [1.82, 2.24) is 10.6 Å². The second-order valence-electron chi connectivity index (χ2n) is 11.0. The van der Waals surface area contributed by atoms with Gasteiger partial charge in [0.2, 0.25) is 19.1 Å². The zero-order valence-electron chi connectivity index (χ0n) is 29.2. The molecule has 0 saturated heterocycles. The molecule has 1 heterocycles. The van der Waals surface area contributed by atoms with Crippen LogP contribution < -0.4 is 43.8 Å². The first-order valence-corrected chi connectivity index (χ1v) is 17.5. The molecule has 16 heteroatoms. The van der Waals surface area contributed by atoms with E-state index in [9.17, 15) is 0 Å². The first-order valence-electron chi connectivity index (χ1n) is 15.2. The second kappa shape index (κ2) is 17.2. The van der Waals surface area contributed by atoms with E-state index in [4.69, 9.17) is 108 Å². The average molecular weight is 836 g/mol. The van der Waals surface area contributed by atoms with Crippen LogP contribution in [0.3, 0.4) is 0 Å². The standard InChI is InChI=1S/C36H37Cl6N3O7/c1-46-25-11-8-22(9-12-25)10-13-30-43-33(35(37,38)39,16-14-23-18-26(47-2)31(51-6)27(19-23)48-3)45-34(44-30,36(40,41)42)17-15-24-20-28(49-4)32(52-7)29(21-24)50-5/h8-21,45H,1-7H3,(H,43,44). The van der Waals surface area contributed by atoms with Crippen LogP contribution >= 0.6 is 69.6 Å². The molecule has 0 spiro atoms. The average Bonchev–Trinajstić information content (AvgIpc) is 3.13. The van der Waals surface area contributed by atoms with Crippen LogP contribution in [0.15, 0.2) is 71.8 Å². The summed E-state index contributed by atoms with van der Waals surface area (Å²) < 4.78 is 34.0. The predicted molar refractivity (Wildman–Crippen MR) is 212 cm³/mol. The largest absolute Gasteiger partial charge is 0.497 e. The molecule has 3 aromatic rings. The number of hydrogen-bond acceptors (Lipinski definition) is 10. The van der Waals surface area contributed by atoms with Crippen LogP contribution in [0.5, 0.6) is 40.2 Å². The minimum atomic E-state index is -2.19. The number of halogens is 6. The lowest BCUT2D eigenvalue weighted by Gasteiger charge is -2.50. The fourth-order valence-electron chi connectivity index (χ4n) is 5.21. The fraction of sp³-hybridized carbons (Fsp3) is 0.306. The normalized spacial score (nSPS) is 19.4. The lowest BCUT2D eigenvalue weighted by atomic mass is 10.00. The summed E-state index contributed by atoms with van der Waals surface area (Å²) in [5, 5.41) is 6.43. The maximum Gasteiger partial charge on any atom is 0.232 e. The molecule has 280 valence electrons. The Balaban J connectivity index is 1.95. The lowest BCUT2D eigenvalue weighted by molar-refractivity contribution is 0.260. The van der Waals surface area contributed by atoms with Crippen LogP contribution in [-0.4, -0.2) is 74.5 Å². The molecule has 0 fully saturated rings. The molecular formula is C36H37Cl6N3O7. The van der Waals surface area contributed by atoms with Gasteiger partial charge in [0, 0.05) is 0 Å². The molecular weight excluding hydrogens is 799 g/mol. The van der Waals surface area contributed by atoms with Crippen molar-refractivity contribution in [3.63, 3.8) is 0 Å². The Kier molecular flexibility index (Phi) is 13.7. The smallest absolute Gasteiger partial charge is 0.232 e. The minimum Gasteiger partial charge on any atom is -0.497 e. The summed E-state index contributed by atoms with van der Waals surface area (Å²) in [6, 6.07) is 14.2. The molecule has 10 nitrogen and oxygen atoms in total. The summed E-state index contributed by atoms with van der Waals surface area (Å²) in [5.74, 6) is 3.29. The Morgan fingerprint density at radius 1 is 0.538 bits per heavy atom. The van der Waals surface area contributed by atoms with E-state index in [1.807, 2.05) is 24.3 Å². The third-order valence-corrected chi connectivity index (χ3v) is 9.61. The van der Waals surface area contributed by atoms with Crippen molar-refractivity contribution in [2.75, 3.05) is 49.8 Å². The molecule has 1 aliphatic rings. The Morgan fingerprint density at radius 2 is 1.00 bits per heavy atom. The molecule has 0 saturated carbocycles. The van der Waals surface area contributed by atoms with E-state index >= 15 is 0 Å². The maximum atomic E-state index is 6.81. The van der Waals surface area contributed by atoms with Gasteiger partial charge in [0.1, 0.15) is 11.6 Å². The Hall–Kier alpha value is -3.35. The van der Waals surface area contributed by atoms with E-state index in [1.54, 1.807) is 67.8 Å². The van der Waals surface area contributed by atoms with E-state index in [0.29, 0.717) is 51.4 Å². The van der Waals surface area contributed by atoms with Crippen molar-refractivity contribution in [3.8, 4) is 40.2 Å². The number of alkyl halides is 6. The van der Waals surface area contributed by atoms with Gasteiger partial charge < -0.3 is 38.5 Å². The zero-order valence-corrected chi connectivity index (χ0v) is 33.7. The molecule has 52 heavy (non-hydrogen) atoms. The third kappa shape index (κ3) is 9.05. The number of hydrogen-bond donors (Lipinski definition) is 2. The van der Waals surface area contributed by atoms with Gasteiger partial charge in [0.05, 0.1) is 49.8 Å². The highest BCUT2D eigenvalue weighted by molar-refractivity contribution is 6.69. The zero-order chi connectivity index (χ0) is 38.3. The van der Waals surface area contributed by atoms with Crippen LogP contribution in [0.4, 0.5) is 0 Å². The van der Waals surface area contributed by atoms with Crippen LogP contribution in [-0.2, 0) is 0 Å². The molecule has 2 unspecified atom stereocenters. The molecule has 0 aromatic heterocycles. The van der Waals surface area contributed by atoms with Gasteiger partial charge >= 0.3 is 0 Å². The van der Waals surface area contributed by atoms with Crippen LogP contribution in [0.2, 0.25) is 0 Å². The van der Waals surface area contributed by atoms with Crippen LogP contribution in [0, 0.1) is 0 Å². The highest BCUT2D eigenvalue weighted by atomic mass is 35.6. The molecule has 1 aliphatic heterocycles. The summed E-state index contributed by atoms with van der Waals surface area (Å²) in [6.45, 7) is 0. The first kappa shape index (κ1) is 41.4. The SMILES string of the molecule is COc1ccc(C=CC2=NC(C=Cc3cc(OC)c(OC)c(OC)c3)(C(Cl)(Cl)Cl)NC(C=Cc3cc(OC)c(OC)c(OC)c3)(C(Cl)(Cl)Cl)N2)cc1. The lowest BCUT2D eigenvalue weighted by Crippen LogP contribution is -2.76. The Morgan fingerprint density at radius 3 is 1.38 bits per heavy atom. The van der Waals surface area contributed by atoms with Crippen LogP contribution in [0.25, 0.3) is 18.2 Å². The highest BCUT2D eigenvalue weighted by Crippen LogP contribution is 2.49. The van der Waals surface area contributed by atoms with Crippen molar-refractivity contribution >= 4 is 93.7 Å². The van der Waals surface area contributed by atoms with Gasteiger partial charge in [-0.2, -0.15) is 0 Å². The number of ether oxygens (including phenoxy) is 7. The molecule has 3 aromatic carbocycles. The monoisotopic (exact) mass is 833 g/mol. The fourth-order valence-corrected chi connectivity index (χ4v) is 6.14. The van der Waals surface area contributed by atoms with Gasteiger partial charge in [-0.15, -0.1) is 0 Å². The number of nitrogens with zero attached hydrogens (tertiary/aromatic N) is 1. The number of benzene rings is 3. The summed E-state index contributed by atoms with van der Waals surface area (Å²) in [5.41, 5.74) is -1.68. The quantitative estimate of drug-likeness (QED) is 0.164. The molecule has 0 bridgehead atoms. The van der Waals surface area contributed by atoms with Crippen molar-refractivity contribution in [2.45, 2.75) is 18.9 Å². The summed E-state index contributed by atoms with van der Waals surface area (Å²) in [4.78, 5) is 4.86. The van der Waals surface area contributed by atoms with Gasteiger partial charge in [-0.25, -0.2) is 4.99 Å². The summed E-state index contributed by atoms with van der Waals surface area (Å²) in [7, 11) is 10.6. The van der Waals surface area contributed by atoms with Crippen molar-refractivity contribution in [2.24, 2.45) is 4.99 Å². The van der Waals surface area contributed by atoms with E-state index < -0.39 is 18.9 Å². The van der Waals surface area contributed by atoms with Gasteiger partial charge in [0.15, 0.2) is 34.3 Å². The number of nitrogens with one attached hydrogen (secondary N) is 2. The van der Waals surface area contributed by atoms with Crippen molar-refractivity contribution in [3.05, 3.63) is 83.4 Å². The second-order valence-corrected chi connectivity index (χ2v) is 15.6.